The van der Waals surface area contributed by atoms with Crippen molar-refractivity contribution in [1.82, 2.24) is 10.2 Å². The highest BCUT2D eigenvalue weighted by Gasteiger charge is 2.14. The van der Waals surface area contributed by atoms with E-state index < -0.39 is 0 Å². The molecule has 1 aromatic carbocycles. The number of rotatable bonds is 10. The van der Waals surface area contributed by atoms with Gasteiger partial charge in [-0.1, -0.05) is 44.2 Å². The third-order valence-electron chi connectivity index (χ3n) is 3.65. The Morgan fingerprint density at radius 2 is 1.67 bits per heavy atom. The first-order chi connectivity index (χ1) is 11.1. The van der Waals surface area contributed by atoms with Crippen LogP contribution in [0.4, 0.5) is 0 Å². The Balaban J connectivity index is 0.00000529. The molecule has 1 atom stereocenters. The number of halogens is 1. The summed E-state index contributed by atoms with van der Waals surface area (Å²) in [5, 5.41) is 2.80. The quantitative estimate of drug-likeness (QED) is 0.677. The van der Waals surface area contributed by atoms with Crippen LogP contribution in [0.1, 0.15) is 51.1 Å². The normalized spacial score (nSPS) is 11.3. The third kappa shape index (κ3) is 8.31. The molecule has 0 fully saturated rings. The fourth-order valence-electron chi connectivity index (χ4n) is 2.41. The number of carbonyl (C=O) groups excluding carboxylic acids is 2. The van der Waals surface area contributed by atoms with Crippen molar-refractivity contribution >= 4 is 24.2 Å². The maximum Gasteiger partial charge on any atom is 0.223 e. The van der Waals surface area contributed by atoms with E-state index in [0.29, 0.717) is 6.54 Å². The van der Waals surface area contributed by atoms with Gasteiger partial charge in [-0.15, -0.1) is 12.4 Å². The number of hydrogen-bond donors (Lipinski definition) is 2. The molecule has 1 rings (SSSR count). The maximum absolute atomic E-state index is 12.1. The molecule has 0 aliphatic rings. The first kappa shape index (κ1) is 22.4. The van der Waals surface area contributed by atoms with Crippen molar-refractivity contribution in [3.05, 3.63) is 35.9 Å². The Morgan fingerprint density at radius 3 is 2.21 bits per heavy atom. The number of amides is 2. The molecule has 1 aromatic rings. The molecule has 0 bridgehead atoms. The van der Waals surface area contributed by atoms with Crippen LogP contribution in [0, 0.1) is 0 Å². The lowest BCUT2D eigenvalue weighted by Crippen LogP contribution is -2.35. The minimum absolute atomic E-state index is 0. The van der Waals surface area contributed by atoms with Crippen molar-refractivity contribution in [3.8, 4) is 0 Å². The van der Waals surface area contributed by atoms with E-state index in [4.69, 9.17) is 5.73 Å². The highest BCUT2D eigenvalue weighted by atomic mass is 35.5. The molecule has 5 nitrogen and oxygen atoms in total. The van der Waals surface area contributed by atoms with Gasteiger partial charge in [-0.05, 0) is 18.4 Å². The van der Waals surface area contributed by atoms with Gasteiger partial charge in [0, 0.05) is 38.5 Å². The lowest BCUT2D eigenvalue weighted by Gasteiger charge is -2.21. The molecule has 24 heavy (non-hydrogen) atoms. The van der Waals surface area contributed by atoms with Crippen molar-refractivity contribution in [1.29, 1.82) is 0 Å². The van der Waals surface area contributed by atoms with Crippen molar-refractivity contribution in [2.45, 2.75) is 45.6 Å². The maximum atomic E-state index is 12.1. The molecule has 0 aromatic heterocycles. The number of nitrogens with one attached hydrogen (secondary N) is 1. The number of hydrogen-bond acceptors (Lipinski definition) is 3. The average molecular weight is 356 g/mol. The van der Waals surface area contributed by atoms with Crippen LogP contribution < -0.4 is 11.1 Å². The molecular weight excluding hydrogens is 326 g/mol. The zero-order chi connectivity index (χ0) is 17.1. The van der Waals surface area contributed by atoms with Gasteiger partial charge in [0.1, 0.15) is 0 Å². The molecule has 0 saturated carbocycles. The average Bonchev–Trinajstić information content (AvgIpc) is 2.58. The molecule has 0 aliphatic carbocycles. The largest absolute Gasteiger partial charge is 0.354 e. The van der Waals surface area contributed by atoms with Gasteiger partial charge in [-0.2, -0.15) is 0 Å². The monoisotopic (exact) mass is 355 g/mol. The second-order valence-corrected chi connectivity index (χ2v) is 5.70. The predicted molar refractivity (Wildman–Crippen MR) is 100 cm³/mol. The lowest BCUT2D eigenvalue weighted by atomic mass is 10.1. The van der Waals surface area contributed by atoms with E-state index in [0.717, 1.165) is 31.5 Å². The fraction of sp³-hybridized carbons (Fsp3) is 0.556. The van der Waals surface area contributed by atoms with Crippen molar-refractivity contribution in [3.63, 3.8) is 0 Å². The molecule has 0 spiro atoms. The lowest BCUT2D eigenvalue weighted by molar-refractivity contribution is -0.133. The van der Waals surface area contributed by atoms with Crippen LogP contribution in [0.25, 0.3) is 0 Å². The summed E-state index contributed by atoms with van der Waals surface area (Å²) in [5.41, 5.74) is 7.02. The summed E-state index contributed by atoms with van der Waals surface area (Å²) >= 11 is 0. The number of nitrogens with two attached hydrogens (primary N) is 1. The highest BCUT2D eigenvalue weighted by Crippen LogP contribution is 2.08. The van der Waals surface area contributed by atoms with Crippen LogP contribution in [0.3, 0.4) is 0 Å². The second kappa shape index (κ2) is 12.8. The number of nitrogens with zero attached hydrogens (tertiary/aromatic N) is 1. The van der Waals surface area contributed by atoms with E-state index in [1.807, 2.05) is 49.1 Å². The molecule has 3 N–H and O–H groups in total. The molecule has 0 radical (unpaired) electrons. The Kier molecular flexibility index (Phi) is 11.9. The molecule has 0 aliphatic heterocycles. The van der Waals surface area contributed by atoms with Gasteiger partial charge in [0.05, 0.1) is 0 Å². The van der Waals surface area contributed by atoms with Gasteiger partial charge in [0.25, 0.3) is 0 Å². The minimum Gasteiger partial charge on any atom is -0.354 e. The van der Waals surface area contributed by atoms with Crippen LogP contribution >= 0.6 is 12.4 Å². The molecule has 1 unspecified atom stereocenters. The topological polar surface area (TPSA) is 75.4 Å². The third-order valence-corrected chi connectivity index (χ3v) is 3.65. The van der Waals surface area contributed by atoms with Gasteiger partial charge in [-0.3, -0.25) is 9.59 Å². The van der Waals surface area contributed by atoms with Crippen LogP contribution in [0.2, 0.25) is 0 Å². The zero-order valence-electron chi connectivity index (χ0n) is 14.7. The summed E-state index contributed by atoms with van der Waals surface area (Å²) in [6.45, 7) is 5.99. The highest BCUT2D eigenvalue weighted by molar-refractivity contribution is 5.85. The van der Waals surface area contributed by atoms with Gasteiger partial charge in [0.15, 0.2) is 0 Å². The zero-order valence-corrected chi connectivity index (χ0v) is 15.5. The summed E-state index contributed by atoms with van der Waals surface area (Å²) in [6, 6.07) is 9.42. The van der Waals surface area contributed by atoms with Crippen LogP contribution in [-0.2, 0) is 9.59 Å². The van der Waals surface area contributed by atoms with Crippen LogP contribution in [0.5, 0.6) is 0 Å². The first-order valence-corrected chi connectivity index (χ1v) is 8.43. The van der Waals surface area contributed by atoms with E-state index >= 15 is 0 Å². The molecule has 2 amide bonds. The summed E-state index contributed by atoms with van der Waals surface area (Å²) < 4.78 is 0. The van der Waals surface area contributed by atoms with E-state index in [-0.39, 0.29) is 43.1 Å². The molecule has 0 saturated heterocycles. The molecule has 6 heteroatoms. The summed E-state index contributed by atoms with van der Waals surface area (Å²) in [6.07, 6.45) is 2.34. The molecule has 136 valence electrons. The van der Waals surface area contributed by atoms with Gasteiger partial charge < -0.3 is 16.0 Å². The Hall–Kier alpha value is -1.59. The Bertz CT molecular complexity index is 476. The van der Waals surface area contributed by atoms with Crippen molar-refractivity contribution in [2.75, 3.05) is 19.6 Å². The predicted octanol–water partition coefficient (Wildman–Crippen LogP) is 2.65. The van der Waals surface area contributed by atoms with E-state index in [9.17, 15) is 9.59 Å². The van der Waals surface area contributed by atoms with Gasteiger partial charge in [-0.25, -0.2) is 0 Å². The van der Waals surface area contributed by atoms with E-state index in [1.165, 1.54) is 0 Å². The van der Waals surface area contributed by atoms with Crippen molar-refractivity contribution in [2.24, 2.45) is 5.73 Å². The number of benzene rings is 1. The smallest absolute Gasteiger partial charge is 0.223 e. The Labute approximate surface area is 151 Å². The standard InChI is InChI=1S/C18H29N3O2.ClH/c1-3-12-21(13-4-2)18(23)11-10-17(22)20-14-16(19)15-8-6-5-7-9-15;/h5-9,16H,3-4,10-14,19H2,1-2H3,(H,20,22);1H. The molecular formula is C18H30ClN3O2. The SMILES string of the molecule is CCCN(CCC)C(=O)CCC(=O)NCC(N)c1ccccc1.Cl. The first-order valence-electron chi connectivity index (χ1n) is 8.43. The minimum atomic E-state index is -0.229. The summed E-state index contributed by atoms with van der Waals surface area (Å²) in [5.74, 6) is -0.0751. The van der Waals surface area contributed by atoms with Crippen molar-refractivity contribution < 1.29 is 9.59 Å². The van der Waals surface area contributed by atoms with E-state index in [1.54, 1.807) is 0 Å². The second-order valence-electron chi connectivity index (χ2n) is 5.70. The summed E-state index contributed by atoms with van der Waals surface area (Å²) in [7, 11) is 0. The van der Waals surface area contributed by atoms with Gasteiger partial charge in [0.2, 0.25) is 11.8 Å². The molecule has 0 heterocycles. The summed E-state index contributed by atoms with van der Waals surface area (Å²) in [4.78, 5) is 25.8. The van der Waals surface area contributed by atoms with Crippen LogP contribution in [0.15, 0.2) is 30.3 Å². The van der Waals surface area contributed by atoms with Gasteiger partial charge >= 0.3 is 0 Å². The van der Waals surface area contributed by atoms with E-state index in [2.05, 4.69) is 5.32 Å². The number of carbonyl (C=O) groups is 2. The fourth-order valence-corrected chi connectivity index (χ4v) is 2.41. The van der Waals surface area contributed by atoms with Crippen LogP contribution in [-0.4, -0.2) is 36.3 Å². The Morgan fingerprint density at radius 1 is 1.08 bits per heavy atom.